The Morgan fingerprint density at radius 3 is 2.30 bits per heavy atom. The third kappa shape index (κ3) is 3.07. The standard InChI is InChI=1S/C26H22N2O2/c1-30-26-16-15-20(19-11-5-6-12-21(19)26)24-17-23(22-13-7-8-14-25(22)29)27-28(24)18-9-3-2-4-10-18/h2-16,24,29H,17H2,1H3. The molecule has 30 heavy (non-hydrogen) atoms. The van der Waals surface area contributed by atoms with Gasteiger partial charge in [-0.05, 0) is 41.3 Å². The maximum atomic E-state index is 10.4. The zero-order valence-corrected chi connectivity index (χ0v) is 16.7. The van der Waals surface area contributed by atoms with Gasteiger partial charge in [0, 0.05) is 17.4 Å². The Hall–Kier alpha value is -3.79. The molecule has 0 saturated heterocycles. The average Bonchev–Trinajstić information content (AvgIpc) is 3.24. The van der Waals surface area contributed by atoms with Gasteiger partial charge in [0.1, 0.15) is 11.5 Å². The molecule has 0 fully saturated rings. The fraction of sp³-hybridized carbons (Fsp3) is 0.115. The molecular formula is C26H22N2O2. The number of benzene rings is 4. The third-order valence-corrected chi connectivity index (χ3v) is 5.64. The maximum absolute atomic E-state index is 10.4. The smallest absolute Gasteiger partial charge is 0.126 e. The van der Waals surface area contributed by atoms with Crippen LogP contribution in [-0.4, -0.2) is 17.9 Å². The van der Waals surface area contributed by atoms with E-state index in [1.54, 1.807) is 13.2 Å². The number of hydrogen-bond donors (Lipinski definition) is 1. The van der Waals surface area contributed by atoms with Gasteiger partial charge in [0.25, 0.3) is 0 Å². The first-order valence-electron chi connectivity index (χ1n) is 10.0. The molecule has 0 radical (unpaired) electrons. The van der Waals surface area contributed by atoms with Crippen LogP contribution in [0.5, 0.6) is 11.5 Å². The summed E-state index contributed by atoms with van der Waals surface area (Å²) < 4.78 is 5.59. The van der Waals surface area contributed by atoms with Crippen molar-refractivity contribution in [2.75, 3.05) is 12.1 Å². The molecule has 5 rings (SSSR count). The predicted molar refractivity (Wildman–Crippen MR) is 121 cm³/mol. The second kappa shape index (κ2) is 7.56. The Kier molecular flexibility index (Phi) is 4.60. The van der Waals surface area contributed by atoms with Crippen LogP contribution in [0.25, 0.3) is 10.8 Å². The first kappa shape index (κ1) is 18.3. The van der Waals surface area contributed by atoms with Crippen molar-refractivity contribution >= 4 is 22.2 Å². The van der Waals surface area contributed by atoms with Crippen LogP contribution in [0.3, 0.4) is 0 Å². The summed E-state index contributed by atoms with van der Waals surface area (Å²) in [6, 6.07) is 30.0. The van der Waals surface area contributed by atoms with Crippen LogP contribution in [0.1, 0.15) is 23.6 Å². The molecule has 0 aliphatic carbocycles. The lowest BCUT2D eigenvalue weighted by Gasteiger charge is -2.25. The van der Waals surface area contributed by atoms with E-state index in [1.165, 1.54) is 5.56 Å². The molecule has 1 N–H and O–H groups in total. The fourth-order valence-corrected chi connectivity index (χ4v) is 4.22. The lowest BCUT2D eigenvalue weighted by Crippen LogP contribution is -2.18. The van der Waals surface area contributed by atoms with Gasteiger partial charge in [-0.2, -0.15) is 5.10 Å². The van der Waals surface area contributed by atoms with Gasteiger partial charge < -0.3 is 9.84 Å². The molecule has 1 unspecified atom stereocenters. The SMILES string of the molecule is COc1ccc(C2CC(c3ccccc3O)=NN2c2ccccc2)c2ccccc12. The second-order valence-electron chi connectivity index (χ2n) is 7.37. The van der Waals surface area contributed by atoms with Gasteiger partial charge in [0.05, 0.1) is 24.6 Å². The maximum Gasteiger partial charge on any atom is 0.126 e. The molecule has 0 spiro atoms. The number of methoxy groups -OCH3 is 1. The molecule has 1 atom stereocenters. The van der Waals surface area contributed by atoms with E-state index in [9.17, 15) is 5.11 Å². The minimum absolute atomic E-state index is 0.0119. The highest BCUT2D eigenvalue weighted by molar-refractivity contribution is 6.06. The van der Waals surface area contributed by atoms with E-state index in [2.05, 4.69) is 41.4 Å². The largest absolute Gasteiger partial charge is 0.507 e. The van der Waals surface area contributed by atoms with Crippen LogP contribution in [0.2, 0.25) is 0 Å². The zero-order valence-electron chi connectivity index (χ0n) is 16.7. The molecule has 4 nitrogen and oxygen atoms in total. The van der Waals surface area contributed by atoms with Crippen molar-refractivity contribution < 1.29 is 9.84 Å². The van der Waals surface area contributed by atoms with E-state index in [-0.39, 0.29) is 11.8 Å². The summed E-state index contributed by atoms with van der Waals surface area (Å²) in [4.78, 5) is 0. The summed E-state index contributed by atoms with van der Waals surface area (Å²) in [6.07, 6.45) is 0.697. The number of anilines is 1. The number of rotatable bonds is 4. The Bertz CT molecular complexity index is 1230. The number of aromatic hydroxyl groups is 1. The highest BCUT2D eigenvalue weighted by atomic mass is 16.5. The monoisotopic (exact) mass is 394 g/mol. The molecule has 1 aliphatic rings. The average molecular weight is 394 g/mol. The molecule has 0 bridgehead atoms. The van der Waals surface area contributed by atoms with Crippen molar-refractivity contribution in [3.63, 3.8) is 0 Å². The summed E-state index contributed by atoms with van der Waals surface area (Å²) in [5.74, 6) is 1.12. The van der Waals surface area contributed by atoms with Crippen LogP contribution in [0, 0.1) is 0 Å². The fourth-order valence-electron chi connectivity index (χ4n) is 4.22. The van der Waals surface area contributed by atoms with Gasteiger partial charge in [-0.3, -0.25) is 5.01 Å². The lowest BCUT2D eigenvalue weighted by molar-refractivity contribution is 0.419. The van der Waals surface area contributed by atoms with Crippen molar-refractivity contribution in [1.29, 1.82) is 0 Å². The first-order valence-corrected chi connectivity index (χ1v) is 10.0. The van der Waals surface area contributed by atoms with Crippen molar-refractivity contribution in [2.24, 2.45) is 5.10 Å². The Labute approximate surface area is 175 Å². The number of phenols is 1. The van der Waals surface area contributed by atoms with E-state index in [1.807, 2.05) is 48.5 Å². The minimum atomic E-state index is 0.0119. The molecule has 4 aromatic carbocycles. The number of hydrogen-bond acceptors (Lipinski definition) is 4. The van der Waals surface area contributed by atoms with Crippen LogP contribution in [0.15, 0.2) is 96.1 Å². The summed E-state index contributed by atoms with van der Waals surface area (Å²) in [5, 5.41) is 19.7. The molecule has 0 amide bonds. The Balaban J connectivity index is 1.66. The quantitative estimate of drug-likeness (QED) is 0.468. The summed E-state index contributed by atoms with van der Waals surface area (Å²) in [7, 11) is 1.70. The Morgan fingerprint density at radius 1 is 0.833 bits per heavy atom. The number of phenolic OH excluding ortho intramolecular Hbond substituents is 1. The molecule has 4 aromatic rings. The molecule has 0 aromatic heterocycles. The number of hydrazone groups is 1. The van der Waals surface area contributed by atoms with Gasteiger partial charge >= 0.3 is 0 Å². The predicted octanol–water partition coefficient (Wildman–Crippen LogP) is 5.91. The number of nitrogens with zero attached hydrogens (tertiary/aromatic N) is 2. The van der Waals surface area contributed by atoms with Crippen LogP contribution in [-0.2, 0) is 0 Å². The van der Waals surface area contributed by atoms with Gasteiger partial charge in [0.2, 0.25) is 0 Å². The van der Waals surface area contributed by atoms with Crippen LogP contribution < -0.4 is 9.75 Å². The van der Waals surface area contributed by atoms with Crippen LogP contribution in [0.4, 0.5) is 5.69 Å². The van der Waals surface area contributed by atoms with E-state index in [0.29, 0.717) is 6.42 Å². The first-order chi connectivity index (χ1) is 14.8. The summed E-state index contributed by atoms with van der Waals surface area (Å²) >= 11 is 0. The molecular weight excluding hydrogens is 372 g/mol. The van der Waals surface area contributed by atoms with Crippen LogP contribution >= 0.6 is 0 Å². The Morgan fingerprint density at radius 2 is 1.53 bits per heavy atom. The molecule has 0 saturated carbocycles. The van der Waals surface area contributed by atoms with E-state index >= 15 is 0 Å². The minimum Gasteiger partial charge on any atom is -0.507 e. The van der Waals surface area contributed by atoms with E-state index < -0.39 is 0 Å². The lowest BCUT2D eigenvalue weighted by atomic mass is 9.93. The van der Waals surface area contributed by atoms with E-state index in [0.717, 1.165) is 33.5 Å². The molecule has 1 aliphatic heterocycles. The van der Waals surface area contributed by atoms with Gasteiger partial charge in [-0.25, -0.2) is 0 Å². The van der Waals surface area contributed by atoms with Crippen molar-refractivity contribution in [3.8, 4) is 11.5 Å². The van der Waals surface area contributed by atoms with Gasteiger partial charge in [-0.1, -0.05) is 60.7 Å². The van der Waals surface area contributed by atoms with Crippen molar-refractivity contribution in [2.45, 2.75) is 12.5 Å². The van der Waals surface area contributed by atoms with Crippen molar-refractivity contribution in [1.82, 2.24) is 0 Å². The third-order valence-electron chi connectivity index (χ3n) is 5.64. The number of ether oxygens (including phenoxy) is 1. The van der Waals surface area contributed by atoms with E-state index in [4.69, 9.17) is 9.84 Å². The molecule has 4 heteroatoms. The number of para-hydroxylation sites is 2. The highest BCUT2D eigenvalue weighted by Crippen LogP contribution is 2.41. The normalized spacial score (nSPS) is 16.0. The van der Waals surface area contributed by atoms with Gasteiger partial charge in [-0.15, -0.1) is 0 Å². The topological polar surface area (TPSA) is 45.1 Å². The second-order valence-corrected chi connectivity index (χ2v) is 7.37. The summed E-state index contributed by atoms with van der Waals surface area (Å²) in [5.41, 5.74) is 3.86. The number of fused-ring (bicyclic) bond motifs is 1. The van der Waals surface area contributed by atoms with Crippen molar-refractivity contribution in [3.05, 3.63) is 102 Å². The summed E-state index contributed by atoms with van der Waals surface area (Å²) in [6.45, 7) is 0. The highest BCUT2D eigenvalue weighted by Gasteiger charge is 2.32. The molecule has 148 valence electrons. The zero-order chi connectivity index (χ0) is 20.5. The molecule has 1 heterocycles. The van der Waals surface area contributed by atoms with Gasteiger partial charge in [0.15, 0.2) is 0 Å².